The quantitative estimate of drug-likeness (QED) is 0.0432. The molecule has 0 heterocycles. The molecule has 0 rings (SSSR count). The molecule has 4 heteroatoms. The number of aliphatic hydroxyl groups is 2. The summed E-state index contributed by atoms with van der Waals surface area (Å²) in [6.07, 6.45) is 75.4. The maximum Gasteiger partial charge on any atom is 0.220 e. The molecule has 0 fully saturated rings. The van der Waals surface area contributed by atoms with Gasteiger partial charge in [-0.3, -0.25) is 4.79 Å². The van der Waals surface area contributed by atoms with Gasteiger partial charge in [0.05, 0.1) is 18.8 Å². The molecule has 0 aliphatic rings. The summed E-state index contributed by atoms with van der Waals surface area (Å²) in [5.74, 6) is -0.101. The van der Waals surface area contributed by atoms with Crippen molar-refractivity contribution in [3.05, 3.63) is 146 Å². The largest absolute Gasteiger partial charge is 0.394 e. The first-order chi connectivity index (χ1) is 28.2. The summed E-state index contributed by atoms with van der Waals surface area (Å²) in [6.45, 7) is 4.07. The summed E-state index contributed by atoms with van der Waals surface area (Å²) in [6, 6.07) is -0.655. The Morgan fingerprint density at radius 1 is 0.439 bits per heavy atom. The van der Waals surface area contributed by atoms with Gasteiger partial charge in [-0.15, -0.1) is 0 Å². The van der Waals surface area contributed by atoms with Crippen molar-refractivity contribution in [1.29, 1.82) is 0 Å². The van der Waals surface area contributed by atoms with Crippen LogP contribution in [0.25, 0.3) is 0 Å². The highest BCUT2D eigenvalue weighted by Gasteiger charge is 2.17. The van der Waals surface area contributed by atoms with E-state index < -0.39 is 12.1 Å². The minimum absolute atomic E-state index is 0.101. The van der Waals surface area contributed by atoms with Crippen molar-refractivity contribution >= 4 is 5.91 Å². The zero-order chi connectivity index (χ0) is 41.4. The molecule has 0 radical (unpaired) electrons. The van der Waals surface area contributed by atoms with Gasteiger partial charge >= 0.3 is 0 Å². The van der Waals surface area contributed by atoms with Crippen molar-refractivity contribution in [2.45, 2.75) is 174 Å². The molecular formula is C53H83NO3. The van der Waals surface area contributed by atoms with Gasteiger partial charge in [-0.05, 0) is 103 Å². The fourth-order valence-corrected chi connectivity index (χ4v) is 5.62. The third kappa shape index (κ3) is 43.2. The SMILES string of the molecule is CC/C=C\C/C=C\C/C=C\C/C=C\C/C=C\C/C=C\C/C=C\C/C=C\C/C=C\C/C=C\CCCCCCCCC(=O)NC(CO)C(O)/C=C/CC/C=C/CCCC. The van der Waals surface area contributed by atoms with E-state index in [0.29, 0.717) is 6.42 Å². The fourth-order valence-electron chi connectivity index (χ4n) is 5.62. The first-order valence-electron chi connectivity index (χ1n) is 22.5. The molecule has 0 saturated heterocycles. The molecule has 0 aromatic heterocycles. The molecular weight excluding hydrogens is 699 g/mol. The molecule has 0 aromatic carbocycles. The Labute approximate surface area is 351 Å². The number of rotatable bonds is 38. The number of carbonyl (C=O) groups is 1. The van der Waals surface area contributed by atoms with Crippen molar-refractivity contribution in [2.75, 3.05) is 6.61 Å². The van der Waals surface area contributed by atoms with Crippen LogP contribution in [-0.4, -0.2) is 34.9 Å². The van der Waals surface area contributed by atoms with Gasteiger partial charge in [0.2, 0.25) is 5.91 Å². The summed E-state index contributed by atoms with van der Waals surface area (Å²) in [5.41, 5.74) is 0. The van der Waals surface area contributed by atoms with Crippen molar-refractivity contribution in [3.63, 3.8) is 0 Å². The molecule has 2 unspecified atom stereocenters. The van der Waals surface area contributed by atoms with E-state index in [1.54, 1.807) is 6.08 Å². The lowest BCUT2D eigenvalue weighted by atomic mass is 10.1. The maximum atomic E-state index is 12.3. The van der Waals surface area contributed by atoms with Crippen LogP contribution in [0.5, 0.6) is 0 Å². The van der Waals surface area contributed by atoms with E-state index in [9.17, 15) is 15.0 Å². The van der Waals surface area contributed by atoms with Crippen LogP contribution in [0.2, 0.25) is 0 Å². The molecule has 0 saturated carbocycles. The van der Waals surface area contributed by atoms with Crippen molar-refractivity contribution < 1.29 is 15.0 Å². The summed E-state index contributed by atoms with van der Waals surface area (Å²) < 4.78 is 0. The minimum atomic E-state index is -0.876. The zero-order valence-corrected chi connectivity index (χ0v) is 36.3. The van der Waals surface area contributed by atoms with Gasteiger partial charge in [-0.2, -0.15) is 0 Å². The minimum Gasteiger partial charge on any atom is -0.394 e. The predicted octanol–water partition coefficient (Wildman–Crippen LogP) is 14.5. The van der Waals surface area contributed by atoms with Crippen molar-refractivity contribution in [2.24, 2.45) is 0 Å². The Kier molecular flexibility index (Phi) is 43.6. The second-order valence-electron chi connectivity index (χ2n) is 14.4. The smallest absolute Gasteiger partial charge is 0.220 e. The van der Waals surface area contributed by atoms with Crippen LogP contribution in [0, 0.1) is 0 Å². The van der Waals surface area contributed by atoms with E-state index in [2.05, 4.69) is 153 Å². The number of hydrogen-bond donors (Lipinski definition) is 3. The molecule has 0 aliphatic carbocycles. The lowest BCUT2D eigenvalue weighted by Gasteiger charge is -2.19. The summed E-state index contributed by atoms with van der Waals surface area (Å²) in [5, 5.41) is 22.8. The molecule has 4 nitrogen and oxygen atoms in total. The molecule has 0 bridgehead atoms. The zero-order valence-electron chi connectivity index (χ0n) is 36.3. The Morgan fingerprint density at radius 3 is 1.23 bits per heavy atom. The Balaban J connectivity index is 3.70. The Hall–Kier alpha value is -3.73. The van der Waals surface area contributed by atoms with E-state index in [-0.39, 0.29) is 12.5 Å². The molecule has 1 amide bonds. The normalized spacial score (nSPS) is 14.4. The van der Waals surface area contributed by atoms with Gasteiger partial charge in [0.15, 0.2) is 0 Å². The van der Waals surface area contributed by atoms with Crippen LogP contribution in [0.4, 0.5) is 0 Å². The highest BCUT2D eigenvalue weighted by molar-refractivity contribution is 5.76. The van der Waals surface area contributed by atoms with Gasteiger partial charge in [0.1, 0.15) is 0 Å². The third-order valence-electron chi connectivity index (χ3n) is 9.06. The van der Waals surface area contributed by atoms with Crippen LogP contribution in [0.1, 0.15) is 162 Å². The van der Waals surface area contributed by atoms with Crippen LogP contribution >= 0.6 is 0 Å². The van der Waals surface area contributed by atoms with E-state index >= 15 is 0 Å². The van der Waals surface area contributed by atoms with E-state index in [1.807, 2.05) is 6.08 Å². The predicted molar refractivity (Wildman–Crippen MR) is 252 cm³/mol. The number of hydrogen-bond acceptors (Lipinski definition) is 3. The fraction of sp³-hybridized carbons (Fsp3) is 0.528. The average Bonchev–Trinajstić information content (AvgIpc) is 3.22. The van der Waals surface area contributed by atoms with Crippen LogP contribution in [-0.2, 0) is 4.79 Å². The van der Waals surface area contributed by atoms with Crippen molar-refractivity contribution in [3.8, 4) is 0 Å². The van der Waals surface area contributed by atoms with Gasteiger partial charge in [-0.25, -0.2) is 0 Å². The van der Waals surface area contributed by atoms with Gasteiger partial charge in [0.25, 0.3) is 0 Å². The Morgan fingerprint density at radius 2 is 0.789 bits per heavy atom. The number of carbonyl (C=O) groups excluding carboxylic acids is 1. The first kappa shape index (κ1) is 53.3. The molecule has 0 spiro atoms. The number of allylic oxidation sites excluding steroid dienone is 23. The molecule has 2 atom stereocenters. The first-order valence-corrected chi connectivity index (χ1v) is 22.5. The van der Waals surface area contributed by atoms with Crippen LogP contribution < -0.4 is 5.32 Å². The molecule has 57 heavy (non-hydrogen) atoms. The second kappa shape index (κ2) is 46.7. The van der Waals surface area contributed by atoms with Gasteiger partial charge in [-0.1, -0.05) is 198 Å². The third-order valence-corrected chi connectivity index (χ3v) is 9.06. The Bertz CT molecular complexity index is 1250. The van der Waals surface area contributed by atoms with E-state index in [0.717, 1.165) is 109 Å². The lowest BCUT2D eigenvalue weighted by Crippen LogP contribution is -2.45. The number of amides is 1. The molecule has 0 aromatic rings. The monoisotopic (exact) mass is 782 g/mol. The van der Waals surface area contributed by atoms with Gasteiger partial charge in [0, 0.05) is 6.42 Å². The molecule has 0 aliphatic heterocycles. The topological polar surface area (TPSA) is 69.6 Å². The lowest BCUT2D eigenvalue weighted by molar-refractivity contribution is -0.123. The standard InChI is InChI=1S/C53H83NO3/c1-3-5-7-9-11-13-14-15-16-17-18-19-20-21-22-23-24-25-26-27-28-29-30-31-32-33-34-35-36-37-38-39-40-41-43-45-47-49-53(57)54-51(50-55)52(56)48-46-44-42-12-10-8-6-4-2/h5,7,10-13,15-16,18-19,21-22,24-25,27-28,30-31,33-34,36-37,46,48,51-52,55-56H,3-4,6,8-9,14,17,20,23,26,29,32,35,38-45,47,49-50H2,1-2H3,(H,54,57)/b7-5-,12-10+,13-11-,16-15-,19-18-,22-21-,25-24-,28-27-,31-30-,34-33-,37-36-,48-46+. The van der Waals surface area contributed by atoms with Crippen LogP contribution in [0.15, 0.2) is 146 Å². The second-order valence-corrected chi connectivity index (χ2v) is 14.4. The maximum absolute atomic E-state index is 12.3. The highest BCUT2D eigenvalue weighted by atomic mass is 16.3. The number of aliphatic hydroxyl groups excluding tert-OH is 2. The summed E-state index contributed by atoms with van der Waals surface area (Å²) in [4.78, 5) is 12.3. The van der Waals surface area contributed by atoms with E-state index in [4.69, 9.17) is 0 Å². The van der Waals surface area contributed by atoms with Gasteiger partial charge < -0.3 is 15.5 Å². The van der Waals surface area contributed by atoms with Crippen molar-refractivity contribution in [1.82, 2.24) is 5.32 Å². The highest BCUT2D eigenvalue weighted by Crippen LogP contribution is 2.10. The average molecular weight is 782 g/mol. The van der Waals surface area contributed by atoms with Crippen LogP contribution in [0.3, 0.4) is 0 Å². The van der Waals surface area contributed by atoms with E-state index in [1.165, 1.54) is 32.1 Å². The summed E-state index contributed by atoms with van der Waals surface area (Å²) >= 11 is 0. The summed E-state index contributed by atoms with van der Waals surface area (Å²) in [7, 11) is 0. The number of nitrogens with one attached hydrogen (secondary N) is 1. The number of unbranched alkanes of at least 4 members (excludes halogenated alkanes) is 9. The molecule has 3 N–H and O–H groups in total. The molecule has 318 valence electrons.